The van der Waals surface area contributed by atoms with Gasteiger partial charge in [-0.15, -0.1) is 5.10 Å². The lowest BCUT2D eigenvalue weighted by molar-refractivity contribution is 0.102. The van der Waals surface area contributed by atoms with Gasteiger partial charge in [-0.05, 0) is 43.9 Å². The lowest BCUT2D eigenvalue weighted by atomic mass is 10.2. The number of amides is 1. The highest BCUT2D eigenvalue weighted by Gasteiger charge is 2.27. The molecule has 2 fully saturated rings. The van der Waals surface area contributed by atoms with E-state index in [1.54, 1.807) is 6.07 Å². The highest BCUT2D eigenvalue weighted by atomic mass is 35.5. The molecule has 2 aliphatic heterocycles. The first-order chi connectivity index (χ1) is 13.4. The number of nitrogens with one attached hydrogen (secondary N) is 2. The van der Waals surface area contributed by atoms with E-state index in [2.05, 4.69) is 20.5 Å². The van der Waals surface area contributed by atoms with Crippen molar-refractivity contribution in [3.63, 3.8) is 0 Å². The third-order valence-corrected chi connectivity index (χ3v) is 6.98. The molecule has 150 valence electrons. The summed E-state index contributed by atoms with van der Waals surface area (Å²) < 4.78 is 31.3. The van der Waals surface area contributed by atoms with Crippen molar-refractivity contribution in [2.24, 2.45) is 0 Å². The van der Waals surface area contributed by atoms with Crippen LogP contribution in [-0.2, 0) is 14.8 Å². The van der Waals surface area contributed by atoms with E-state index >= 15 is 0 Å². The van der Waals surface area contributed by atoms with E-state index in [1.807, 2.05) is 0 Å². The van der Waals surface area contributed by atoms with Crippen molar-refractivity contribution < 1.29 is 17.9 Å². The first-order valence-corrected chi connectivity index (χ1v) is 11.1. The molecular formula is C17H20ClN5O4S. The number of nitrogens with zero attached hydrogens (tertiary/aromatic N) is 3. The van der Waals surface area contributed by atoms with Crippen LogP contribution in [0.15, 0.2) is 18.2 Å². The van der Waals surface area contributed by atoms with Crippen molar-refractivity contribution in [2.75, 3.05) is 28.5 Å². The van der Waals surface area contributed by atoms with Crippen LogP contribution in [0.5, 0.6) is 0 Å². The molecule has 0 radical (unpaired) electrons. The molecule has 1 amide bonds. The number of aromatic amines is 1. The number of hydrogen-bond donors (Lipinski definition) is 2. The smallest absolute Gasteiger partial charge is 0.259 e. The second-order valence-electron chi connectivity index (χ2n) is 6.76. The fourth-order valence-corrected chi connectivity index (χ4v) is 5.25. The van der Waals surface area contributed by atoms with Crippen LogP contribution in [0, 0.1) is 0 Å². The maximum absolute atomic E-state index is 12.5. The maximum atomic E-state index is 12.5. The molecule has 0 spiro atoms. The van der Waals surface area contributed by atoms with Gasteiger partial charge in [0.25, 0.3) is 5.91 Å². The third kappa shape index (κ3) is 3.85. The largest absolute Gasteiger partial charge is 0.370 e. The first-order valence-electron chi connectivity index (χ1n) is 9.09. The summed E-state index contributed by atoms with van der Waals surface area (Å²) in [5.41, 5.74) is 0.670. The van der Waals surface area contributed by atoms with Crippen LogP contribution < -0.4 is 9.62 Å². The van der Waals surface area contributed by atoms with Crippen molar-refractivity contribution in [3.05, 3.63) is 34.6 Å². The molecule has 1 aromatic heterocycles. The Kier molecular flexibility index (Phi) is 5.26. The Morgan fingerprint density at radius 2 is 2.18 bits per heavy atom. The molecule has 2 aliphatic rings. The number of rotatable bonds is 4. The van der Waals surface area contributed by atoms with Gasteiger partial charge in [-0.3, -0.25) is 19.5 Å². The van der Waals surface area contributed by atoms with Gasteiger partial charge in [0, 0.05) is 13.2 Å². The number of ether oxygens (including phenoxy) is 1. The minimum absolute atomic E-state index is 0.116. The van der Waals surface area contributed by atoms with E-state index < -0.39 is 15.9 Å². The molecule has 11 heteroatoms. The molecule has 1 atom stereocenters. The van der Waals surface area contributed by atoms with Crippen molar-refractivity contribution in [1.29, 1.82) is 0 Å². The average Bonchev–Trinajstić information content (AvgIpc) is 3.32. The summed E-state index contributed by atoms with van der Waals surface area (Å²) in [5, 5.41) is 9.51. The highest BCUT2D eigenvalue weighted by molar-refractivity contribution is 7.92. The van der Waals surface area contributed by atoms with Crippen molar-refractivity contribution in [2.45, 2.75) is 31.8 Å². The predicted octanol–water partition coefficient (Wildman–Crippen LogP) is 2.49. The molecule has 3 heterocycles. The number of carbonyl (C=O) groups is 1. The third-order valence-electron chi connectivity index (χ3n) is 4.80. The van der Waals surface area contributed by atoms with Gasteiger partial charge in [-0.2, -0.15) is 4.98 Å². The Morgan fingerprint density at radius 3 is 2.89 bits per heavy atom. The predicted molar refractivity (Wildman–Crippen MR) is 104 cm³/mol. The second-order valence-corrected chi connectivity index (χ2v) is 9.18. The molecular weight excluding hydrogens is 406 g/mol. The minimum Gasteiger partial charge on any atom is -0.370 e. The fraction of sp³-hybridized carbons (Fsp3) is 0.471. The Labute approximate surface area is 167 Å². The number of aromatic nitrogens is 3. The zero-order chi connectivity index (χ0) is 19.7. The Balaban J connectivity index is 1.49. The van der Waals surface area contributed by atoms with Crippen LogP contribution in [0.4, 0.5) is 11.6 Å². The summed E-state index contributed by atoms with van der Waals surface area (Å²) >= 11 is 6.26. The van der Waals surface area contributed by atoms with E-state index in [0.29, 0.717) is 31.1 Å². The number of H-pyrrole nitrogens is 1. The minimum atomic E-state index is -3.34. The number of halogens is 1. The molecule has 4 rings (SSSR count). The van der Waals surface area contributed by atoms with Crippen molar-refractivity contribution in [3.8, 4) is 0 Å². The maximum Gasteiger partial charge on any atom is 0.259 e. The molecule has 28 heavy (non-hydrogen) atoms. The van der Waals surface area contributed by atoms with Gasteiger partial charge in [-0.1, -0.05) is 11.6 Å². The van der Waals surface area contributed by atoms with Gasteiger partial charge in [-0.25, -0.2) is 8.42 Å². The monoisotopic (exact) mass is 425 g/mol. The van der Waals surface area contributed by atoms with Gasteiger partial charge >= 0.3 is 0 Å². The van der Waals surface area contributed by atoms with Gasteiger partial charge in [0.2, 0.25) is 16.0 Å². The number of anilines is 2. The molecule has 0 unspecified atom stereocenters. The SMILES string of the molecule is O=C(Nc1n[nH]c([C@H]2CCCO2)n1)c1ccc(N2CCCCS2(=O)=O)cc1Cl. The zero-order valence-electron chi connectivity index (χ0n) is 15.0. The number of benzene rings is 1. The summed E-state index contributed by atoms with van der Waals surface area (Å²) in [7, 11) is -3.34. The van der Waals surface area contributed by atoms with E-state index in [9.17, 15) is 13.2 Å². The van der Waals surface area contributed by atoms with Gasteiger partial charge in [0.05, 0.1) is 22.0 Å². The lowest BCUT2D eigenvalue weighted by Gasteiger charge is -2.28. The quantitative estimate of drug-likeness (QED) is 0.777. The molecule has 0 saturated carbocycles. The Bertz CT molecular complexity index is 987. The van der Waals surface area contributed by atoms with Crippen molar-refractivity contribution in [1.82, 2.24) is 15.2 Å². The second kappa shape index (κ2) is 7.69. The van der Waals surface area contributed by atoms with Crippen LogP contribution in [0.3, 0.4) is 0 Å². The normalized spacial score (nSPS) is 21.6. The molecule has 2 aromatic rings. The van der Waals surface area contributed by atoms with Crippen LogP contribution >= 0.6 is 11.6 Å². The van der Waals surface area contributed by atoms with E-state index in [-0.39, 0.29) is 28.4 Å². The number of sulfonamides is 1. The molecule has 1 aromatic carbocycles. The molecule has 0 aliphatic carbocycles. The number of carbonyl (C=O) groups excluding carboxylic acids is 1. The van der Waals surface area contributed by atoms with Gasteiger partial charge in [0.15, 0.2) is 5.82 Å². The van der Waals surface area contributed by atoms with Crippen molar-refractivity contribution >= 4 is 39.2 Å². The zero-order valence-corrected chi connectivity index (χ0v) is 16.6. The van der Waals surface area contributed by atoms with Gasteiger partial charge in [0.1, 0.15) is 6.10 Å². The number of hydrogen-bond acceptors (Lipinski definition) is 6. The first kappa shape index (κ1) is 19.2. The van der Waals surface area contributed by atoms with E-state index in [1.165, 1.54) is 16.4 Å². The summed E-state index contributed by atoms with van der Waals surface area (Å²) in [6, 6.07) is 4.58. The molecule has 2 N–H and O–H groups in total. The van der Waals surface area contributed by atoms with Crippen LogP contribution in [0.25, 0.3) is 0 Å². The summed E-state index contributed by atoms with van der Waals surface area (Å²) in [4.78, 5) is 16.8. The average molecular weight is 426 g/mol. The fourth-order valence-electron chi connectivity index (χ4n) is 3.36. The molecule has 0 bridgehead atoms. The Morgan fingerprint density at radius 1 is 1.32 bits per heavy atom. The van der Waals surface area contributed by atoms with E-state index in [0.717, 1.165) is 19.3 Å². The standard InChI is InChI=1S/C17H20ClN5O4S/c18-13-10-11(23-7-1-2-9-28(23,25)26)5-6-12(13)16(24)20-17-19-15(21-22-17)14-4-3-8-27-14/h5-6,10,14H,1-4,7-9H2,(H2,19,20,21,22,24)/t14-/m1/s1. The van der Waals surface area contributed by atoms with Crippen LogP contribution in [0.1, 0.15) is 48.0 Å². The Hall–Kier alpha value is -2.17. The van der Waals surface area contributed by atoms with Crippen LogP contribution in [0.2, 0.25) is 5.02 Å². The van der Waals surface area contributed by atoms with Crippen LogP contribution in [-0.4, -0.2) is 48.4 Å². The van der Waals surface area contributed by atoms with Gasteiger partial charge < -0.3 is 4.74 Å². The molecule has 9 nitrogen and oxygen atoms in total. The highest BCUT2D eigenvalue weighted by Crippen LogP contribution is 2.29. The lowest BCUT2D eigenvalue weighted by Crippen LogP contribution is -2.37. The molecule has 2 saturated heterocycles. The summed E-state index contributed by atoms with van der Waals surface area (Å²) in [6.45, 7) is 1.09. The summed E-state index contributed by atoms with van der Waals surface area (Å²) in [5.74, 6) is 0.347. The summed E-state index contributed by atoms with van der Waals surface area (Å²) in [6.07, 6.45) is 3.12. The topological polar surface area (TPSA) is 117 Å². The van der Waals surface area contributed by atoms with E-state index in [4.69, 9.17) is 16.3 Å².